The fourth-order valence-electron chi connectivity index (χ4n) is 4.77. The van der Waals surface area contributed by atoms with Gasteiger partial charge in [0.25, 0.3) is 0 Å². The molecule has 0 aromatic carbocycles. The van der Waals surface area contributed by atoms with E-state index in [9.17, 15) is 4.39 Å². The van der Waals surface area contributed by atoms with E-state index >= 15 is 0 Å². The minimum Gasteiger partial charge on any atom is -0.346 e. The second-order valence-corrected chi connectivity index (χ2v) is 11.9. The van der Waals surface area contributed by atoms with Crippen LogP contribution in [0.25, 0.3) is 0 Å². The number of ether oxygens (including phenoxy) is 2. The summed E-state index contributed by atoms with van der Waals surface area (Å²) in [7, 11) is 0. The van der Waals surface area contributed by atoms with Gasteiger partial charge in [-0.25, -0.2) is 4.39 Å². The molecule has 0 aromatic heterocycles. The maximum absolute atomic E-state index is 14.8. The van der Waals surface area contributed by atoms with Crippen LogP contribution in [0.1, 0.15) is 39.0 Å². The predicted octanol–water partition coefficient (Wildman–Crippen LogP) is 5.62. The lowest BCUT2D eigenvalue weighted by Gasteiger charge is -2.41. The number of allylic oxidation sites excluding steroid dienone is 7. The summed E-state index contributed by atoms with van der Waals surface area (Å²) >= 11 is -0.827. The summed E-state index contributed by atoms with van der Waals surface area (Å²) in [5.41, 5.74) is 10.6. The van der Waals surface area contributed by atoms with Crippen LogP contribution in [0.2, 0.25) is 0 Å². The zero-order chi connectivity index (χ0) is 23.7. The van der Waals surface area contributed by atoms with Gasteiger partial charge >= 0.3 is 0 Å². The molecule has 3 heterocycles. The Morgan fingerprint density at radius 3 is 2.76 bits per heavy atom. The van der Waals surface area contributed by atoms with E-state index < -0.39 is 24.4 Å². The van der Waals surface area contributed by atoms with Crippen molar-refractivity contribution in [3.05, 3.63) is 71.3 Å². The number of rotatable bonds is 8. The minimum absolute atomic E-state index is 0.231. The van der Waals surface area contributed by atoms with Crippen LogP contribution in [0.4, 0.5) is 4.39 Å². The number of alkyl halides is 2. The first-order valence-electron chi connectivity index (χ1n) is 12.1. The van der Waals surface area contributed by atoms with Crippen molar-refractivity contribution in [2.75, 3.05) is 19.8 Å². The van der Waals surface area contributed by atoms with Crippen LogP contribution < -0.4 is 5.43 Å². The number of hydrogen-bond donors (Lipinski definition) is 1. The van der Waals surface area contributed by atoms with Gasteiger partial charge < -0.3 is 9.47 Å². The maximum Gasteiger partial charge on any atom is 0.183 e. The quantitative estimate of drug-likeness (QED) is 0.231. The molecule has 2 aliphatic carbocycles. The molecule has 0 amide bonds. The molecule has 5 aliphatic rings. The summed E-state index contributed by atoms with van der Waals surface area (Å²) < 4.78 is 28.6. The normalized spacial score (nSPS) is 28.2. The highest BCUT2D eigenvalue weighted by atomic mass is 127. The Hall–Kier alpha value is -1.84. The first-order valence-corrected chi connectivity index (χ1v) is 14.7. The molecule has 0 bridgehead atoms. The highest BCUT2D eigenvalue weighted by molar-refractivity contribution is 14.2. The van der Waals surface area contributed by atoms with Crippen molar-refractivity contribution in [1.82, 2.24) is 10.4 Å². The fraction of sp³-hybridized carbons (Fsp3) is 0.481. The molecule has 0 spiro atoms. The van der Waals surface area contributed by atoms with Gasteiger partial charge in [-0.1, -0.05) is 56.1 Å². The Balaban J connectivity index is 1.38. The molecule has 1 saturated heterocycles. The first kappa shape index (κ1) is 23.9. The molecule has 0 radical (unpaired) electrons. The van der Waals surface area contributed by atoms with E-state index in [0.29, 0.717) is 32.1 Å². The van der Waals surface area contributed by atoms with E-state index in [0.717, 1.165) is 29.8 Å². The lowest BCUT2D eigenvalue weighted by molar-refractivity contribution is -0.00884. The van der Waals surface area contributed by atoms with E-state index in [2.05, 4.69) is 58.8 Å². The summed E-state index contributed by atoms with van der Waals surface area (Å²) in [6, 6.07) is 0. The Bertz CT molecular complexity index is 1040. The van der Waals surface area contributed by atoms with Crippen molar-refractivity contribution in [2.24, 2.45) is 16.8 Å². The van der Waals surface area contributed by atoms with Crippen molar-refractivity contribution >= 4 is 31.0 Å². The molecule has 7 heteroatoms. The number of hydrogen-bond acceptors (Lipinski definition) is 5. The lowest BCUT2D eigenvalue weighted by atomic mass is 9.89. The first-order chi connectivity index (χ1) is 16.5. The summed E-state index contributed by atoms with van der Waals surface area (Å²) in [6.07, 6.45) is 16.9. The van der Waals surface area contributed by atoms with E-state index in [-0.39, 0.29) is 12.2 Å². The second kappa shape index (κ2) is 10.0. The molecule has 0 aromatic rings. The smallest absolute Gasteiger partial charge is 0.183 e. The van der Waals surface area contributed by atoms with Crippen LogP contribution in [0.15, 0.2) is 76.3 Å². The minimum atomic E-state index is -1.36. The van der Waals surface area contributed by atoms with Gasteiger partial charge in [-0.05, 0) is 50.3 Å². The molecule has 34 heavy (non-hydrogen) atoms. The van der Waals surface area contributed by atoms with Crippen LogP contribution in [0.5, 0.6) is 0 Å². The molecule has 2 atom stereocenters. The average molecular weight is 577 g/mol. The van der Waals surface area contributed by atoms with E-state index in [1.54, 1.807) is 0 Å². The molecule has 1 N–H and O–H groups in total. The van der Waals surface area contributed by atoms with Gasteiger partial charge in [0.1, 0.15) is 0 Å². The molecule has 2 unspecified atom stereocenters. The largest absolute Gasteiger partial charge is 0.346 e. The average Bonchev–Trinajstić information content (AvgIpc) is 3.58. The highest BCUT2D eigenvalue weighted by Gasteiger charge is 2.37. The van der Waals surface area contributed by atoms with Gasteiger partial charge in [0.2, 0.25) is 0 Å². The van der Waals surface area contributed by atoms with E-state index in [4.69, 9.17) is 14.5 Å². The van der Waals surface area contributed by atoms with Crippen LogP contribution in [-0.2, 0) is 9.47 Å². The number of halogens is 2. The molecular formula is C27H33FIN3O2. The summed E-state index contributed by atoms with van der Waals surface area (Å²) in [6.45, 7) is 7.58. The van der Waals surface area contributed by atoms with Gasteiger partial charge in [-0.15, -0.1) is 0 Å². The van der Waals surface area contributed by atoms with E-state index in [1.165, 1.54) is 35.9 Å². The summed E-state index contributed by atoms with van der Waals surface area (Å²) in [5.74, 6) is 0.815. The number of aliphatic imine (C=N–C) groups is 1. The Kier molecular flexibility index (Phi) is 7.04. The number of hydrazine groups is 1. The summed E-state index contributed by atoms with van der Waals surface area (Å²) in [4.78, 5) is 4.92. The summed E-state index contributed by atoms with van der Waals surface area (Å²) in [5, 5.41) is 2.24. The predicted molar refractivity (Wildman–Crippen MR) is 144 cm³/mol. The standard InChI is InChI=1S/C27H33FIN3O2/c1-4-27(28,29-3)13-14-30-23-17-22(19-6-7-19)31-32-24(12-5-18(2)25(23)32)20-8-10-21(11-9-20)26-33-15-16-34-26/h4,8,10-12,17,19-20,26,31H,1,3,5-7,9,13-16H2,2H3. The molecule has 3 aliphatic heterocycles. The zero-order valence-electron chi connectivity index (χ0n) is 19.7. The Morgan fingerprint density at radius 1 is 1.32 bits per heavy atom. The van der Waals surface area contributed by atoms with Crippen molar-refractivity contribution in [3.8, 4) is 0 Å². The van der Waals surface area contributed by atoms with Crippen molar-refractivity contribution < 1.29 is 13.9 Å². The number of nitrogens with one attached hydrogen (secondary N) is 1. The molecule has 5 rings (SSSR count). The second-order valence-electron chi connectivity index (χ2n) is 9.38. The van der Waals surface area contributed by atoms with Crippen molar-refractivity contribution in [3.63, 3.8) is 0 Å². The molecule has 2 fully saturated rings. The SMILES string of the molecule is C=CC(F)(CCN=C1C=C(C2CC2)NN2C(C3C=CC(C4OCCO4)=CC3)=CCC(C)=C12)I=C. The van der Waals surface area contributed by atoms with E-state index in [1.807, 2.05) is 0 Å². The topological polar surface area (TPSA) is 46.1 Å². The van der Waals surface area contributed by atoms with Crippen LogP contribution in [-0.4, -0.2) is 45.0 Å². The fourth-order valence-corrected chi connectivity index (χ4v) is 5.70. The Labute approximate surface area is 211 Å². The van der Waals surface area contributed by atoms with Crippen LogP contribution in [0.3, 0.4) is 0 Å². The van der Waals surface area contributed by atoms with Crippen LogP contribution >= 0.6 is 20.7 Å². The third-order valence-electron chi connectivity index (χ3n) is 6.95. The van der Waals surface area contributed by atoms with Gasteiger partial charge in [0.15, 0.2) is 9.97 Å². The van der Waals surface area contributed by atoms with Gasteiger partial charge in [-0.2, -0.15) is 0 Å². The van der Waals surface area contributed by atoms with Gasteiger partial charge in [0.05, 0.1) is 24.6 Å². The molecule has 5 nitrogen and oxygen atoms in total. The lowest BCUT2D eigenvalue weighted by Crippen LogP contribution is -2.46. The Morgan fingerprint density at radius 2 is 2.12 bits per heavy atom. The van der Waals surface area contributed by atoms with Crippen molar-refractivity contribution in [1.29, 1.82) is 0 Å². The number of nitrogens with zero attached hydrogens (tertiary/aromatic N) is 2. The third kappa shape index (κ3) is 4.93. The maximum atomic E-state index is 14.8. The monoisotopic (exact) mass is 577 g/mol. The third-order valence-corrected chi connectivity index (χ3v) is 9.19. The molecule has 1 saturated carbocycles. The molecular weight excluding hydrogens is 544 g/mol. The highest BCUT2D eigenvalue weighted by Crippen LogP contribution is 2.41. The molecule has 182 valence electrons. The number of fused-ring (bicyclic) bond motifs is 1. The van der Waals surface area contributed by atoms with Gasteiger partial charge in [0, 0.05) is 41.8 Å². The zero-order valence-corrected chi connectivity index (χ0v) is 21.9. The van der Waals surface area contributed by atoms with Gasteiger partial charge in [-0.3, -0.25) is 15.4 Å². The van der Waals surface area contributed by atoms with Crippen LogP contribution in [0, 0.1) is 11.8 Å². The van der Waals surface area contributed by atoms with Crippen molar-refractivity contribution in [2.45, 2.75) is 49.0 Å².